The first kappa shape index (κ1) is 10.1. The van der Waals surface area contributed by atoms with E-state index in [4.69, 9.17) is 0 Å². The predicted octanol–water partition coefficient (Wildman–Crippen LogP) is 0.670. The van der Waals surface area contributed by atoms with Crippen molar-refractivity contribution in [3.63, 3.8) is 0 Å². The molecule has 0 saturated carbocycles. The zero-order chi connectivity index (χ0) is 4.24. The summed E-state index contributed by atoms with van der Waals surface area (Å²) in [6, 6.07) is 1.72. The number of rotatable bonds is 0. The number of hydrogen-bond donors (Lipinski definition) is 1. The molecule has 0 aliphatic heterocycles. The van der Waals surface area contributed by atoms with Crippen LogP contribution in [-0.2, 0) is 0 Å². The quantitative estimate of drug-likeness (QED) is 0.538. The summed E-state index contributed by atoms with van der Waals surface area (Å²) >= 11 is 0. The first-order valence-electron chi connectivity index (χ1n) is 1.58. The van der Waals surface area contributed by atoms with Crippen molar-refractivity contribution in [2.24, 2.45) is 0 Å². The van der Waals surface area contributed by atoms with Gasteiger partial charge in [0, 0.05) is 0 Å². The van der Waals surface area contributed by atoms with Crippen molar-refractivity contribution in [2.75, 3.05) is 0 Å². The molecular formula is C4H10N4. The van der Waals surface area contributed by atoms with Gasteiger partial charge in [-0.05, 0) is 11.3 Å². The van der Waals surface area contributed by atoms with Crippen LogP contribution in [0, 0.1) is 0 Å². The summed E-state index contributed by atoms with van der Waals surface area (Å²) in [6.07, 6.45) is 3.15. The summed E-state index contributed by atoms with van der Waals surface area (Å²) in [5.41, 5.74) is 0. The Morgan fingerprint density at radius 1 is 1.00 bits per heavy atom. The van der Waals surface area contributed by atoms with Crippen molar-refractivity contribution in [3.05, 3.63) is 18.5 Å². The molecule has 0 fully saturated rings. The van der Waals surface area contributed by atoms with Crippen molar-refractivity contribution >= 4 is 0 Å². The van der Waals surface area contributed by atoms with Gasteiger partial charge in [-0.15, -0.1) is 10.2 Å². The molecule has 0 aliphatic carbocycles. The van der Waals surface area contributed by atoms with E-state index < -0.39 is 0 Å². The maximum absolute atomic E-state index is 3.42. The molecule has 1 heterocycles. The maximum atomic E-state index is 3.42. The van der Waals surface area contributed by atoms with Gasteiger partial charge in [0.1, 0.15) is 0 Å². The molecule has 0 aromatic carbocycles. The highest BCUT2D eigenvalue weighted by atomic mass is 15.3. The van der Waals surface area contributed by atoms with Crippen LogP contribution in [-0.4, -0.2) is 15.4 Å². The molecule has 0 saturated heterocycles. The van der Waals surface area contributed by atoms with E-state index in [0.717, 1.165) is 0 Å². The van der Waals surface area contributed by atoms with Crippen LogP contribution < -0.4 is 6.15 Å². The molecule has 0 bridgehead atoms. The Kier molecular flexibility index (Phi) is 7.51. The van der Waals surface area contributed by atoms with E-state index in [-0.39, 0.29) is 13.6 Å². The summed E-state index contributed by atoms with van der Waals surface area (Å²) in [5.74, 6) is 0. The second kappa shape index (κ2) is 5.97. The predicted molar refractivity (Wildman–Crippen MR) is 31.6 cm³/mol. The molecule has 0 atom stereocenters. The lowest BCUT2D eigenvalue weighted by Crippen LogP contribution is -1.78. The Bertz CT molecular complexity index is 80.0. The molecule has 4 nitrogen and oxygen atoms in total. The third-order valence-electron chi connectivity index (χ3n) is 0.409. The smallest absolute Gasteiger partial charge is 0.0529 e. The second-order valence-electron chi connectivity index (χ2n) is 0.811. The van der Waals surface area contributed by atoms with Crippen LogP contribution in [0.1, 0.15) is 7.43 Å². The average Bonchev–Trinajstić information content (AvgIpc) is 1.72. The summed E-state index contributed by atoms with van der Waals surface area (Å²) in [4.78, 5) is 0. The lowest BCUT2D eigenvalue weighted by atomic mass is 10.7. The Hall–Kier alpha value is -1.03. The average molecular weight is 114 g/mol. The molecule has 1 aromatic heterocycles. The first-order valence-corrected chi connectivity index (χ1v) is 1.58. The molecule has 0 aliphatic rings. The lowest BCUT2D eigenvalue weighted by molar-refractivity contribution is 0.865. The summed E-state index contributed by atoms with van der Waals surface area (Å²) in [6.45, 7) is 0. The van der Waals surface area contributed by atoms with Crippen LogP contribution in [0.5, 0.6) is 0 Å². The Morgan fingerprint density at radius 3 is 1.62 bits per heavy atom. The highest BCUT2D eigenvalue weighted by molar-refractivity contribution is 4.69. The molecule has 0 unspecified atom stereocenters. The van der Waals surface area contributed by atoms with Crippen molar-refractivity contribution in [1.29, 1.82) is 0 Å². The number of aromatic nitrogens is 3. The van der Waals surface area contributed by atoms with Crippen LogP contribution in [0.2, 0.25) is 0 Å². The third kappa shape index (κ3) is 3.17. The van der Waals surface area contributed by atoms with Gasteiger partial charge in [0.2, 0.25) is 0 Å². The SMILES string of the molecule is C.N.c1cnnnc1. The maximum Gasteiger partial charge on any atom is 0.0529 e. The zero-order valence-electron chi connectivity index (χ0n) is 3.78. The lowest BCUT2D eigenvalue weighted by Gasteiger charge is -1.68. The minimum atomic E-state index is 0. The van der Waals surface area contributed by atoms with Crippen LogP contribution in [0.25, 0.3) is 0 Å². The minimum absolute atomic E-state index is 0. The van der Waals surface area contributed by atoms with Crippen molar-refractivity contribution in [3.8, 4) is 0 Å². The standard InChI is InChI=1S/C3H3N3.CH4.H3N/c1-2-4-6-5-3-1;;/h1-3H;1H4;1H3. The third-order valence-corrected chi connectivity index (χ3v) is 0.409. The van der Waals surface area contributed by atoms with Crippen LogP contribution >= 0.6 is 0 Å². The van der Waals surface area contributed by atoms with Gasteiger partial charge in [-0.3, -0.25) is 0 Å². The number of nitrogens with zero attached hydrogens (tertiary/aromatic N) is 3. The van der Waals surface area contributed by atoms with Crippen LogP contribution in [0.3, 0.4) is 0 Å². The summed E-state index contributed by atoms with van der Waals surface area (Å²) in [7, 11) is 0. The molecule has 0 spiro atoms. The van der Waals surface area contributed by atoms with E-state index in [1.54, 1.807) is 18.5 Å². The van der Waals surface area contributed by atoms with Gasteiger partial charge in [0.15, 0.2) is 0 Å². The van der Waals surface area contributed by atoms with Crippen LogP contribution in [0.15, 0.2) is 18.5 Å². The molecule has 0 radical (unpaired) electrons. The van der Waals surface area contributed by atoms with Crippen LogP contribution in [0.4, 0.5) is 0 Å². The van der Waals surface area contributed by atoms with E-state index in [0.29, 0.717) is 0 Å². The van der Waals surface area contributed by atoms with E-state index in [9.17, 15) is 0 Å². The van der Waals surface area contributed by atoms with Gasteiger partial charge < -0.3 is 6.15 Å². The fourth-order valence-electron chi connectivity index (χ4n) is 0.205. The number of hydrogen-bond acceptors (Lipinski definition) is 4. The largest absolute Gasteiger partial charge is 0.344 e. The van der Waals surface area contributed by atoms with Gasteiger partial charge >= 0.3 is 0 Å². The molecule has 46 valence electrons. The van der Waals surface area contributed by atoms with Gasteiger partial charge in [0.05, 0.1) is 12.4 Å². The van der Waals surface area contributed by atoms with Gasteiger partial charge in [-0.2, -0.15) is 0 Å². The van der Waals surface area contributed by atoms with Crippen molar-refractivity contribution in [2.45, 2.75) is 7.43 Å². The normalized spacial score (nSPS) is 6.00. The Morgan fingerprint density at radius 2 is 1.50 bits per heavy atom. The minimum Gasteiger partial charge on any atom is -0.344 e. The highest BCUT2D eigenvalue weighted by Crippen LogP contribution is 1.61. The highest BCUT2D eigenvalue weighted by Gasteiger charge is 1.60. The summed E-state index contributed by atoms with van der Waals surface area (Å²) in [5, 5.41) is 10.1. The Balaban J connectivity index is 0. The summed E-state index contributed by atoms with van der Waals surface area (Å²) < 4.78 is 0. The van der Waals surface area contributed by atoms with Crippen molar-refractivity contribution < 1.29 is 0 Å². The fraction of sp³-hybridized carbons (Fsp3) is 0.250. The van der Waals surface area contributed by atoms with E-state index in [2.05, 4.69) is 15.4 Å². The molecule has 1 rings (SSSR count). The van der Waals surface area contributed by atoms with E-state index in [1.165, 1.54) is 0 Å². The molecule has 4 heteroatoms. The molecule has 0 amide bonds. The molecule has 1 aromatic rings. The van der Waals surface area contributed by atoms with Gasteiger partial charge in [0.25, 0.3) is 0 Å². The Labute approximate surface area is 48.5 Å². The van der Waals surface area contributed by atoms with E-state index >= 15 is 0 Å². The molecular weight excluding hydrogens is 104 g/mol. The first-order chi connectivity index (χ1) is 3.00. The molecule has 3 N–H and O–H groups in total. The monoisotopic (exact) mass is 114 g/mol. The second-order valence-corrected chi connectivity index (χ2v) is 0.811. The van der Waals surface area contributed by atoms with E-state index in [1.807, 2.05) is 0 Å². The van der Waals surface area contributed by atoms with Crippen molar-refractivity contribution in [1.82, 2.24) is 21.6 Å². The molecule has 8 heavy (non-hydrogen) atoms. The topological polar surface area (TPSA) is 73.7 Å². The zero-order valence-corrected chi connectivity index (χ0v) is 3.78. The van der Waals surface area contributed by atoms with Gasteiger partial charge in [-0.1, -0.05) is 7.43 Å². The van der Waals surface area contributed by atoms with Gasteiger partial charge in [-0.25, -0.2) is 0 Å². The fourth-order valence-corrected chi connectivity index (χ4v) is 0.205.